The maximum atomic E-state index is 6.00. The van der Waals surface area contributed by atoms with Crippen LogP contribution in [0.25, 0.3) is 0 Å². The first-order valence-corrected chi connectivity index (χ1v) is 5.18. The summed E-state index contributed by atoms with van der Waals surface area (Å²) in [5, 5.41) is 4.12. The molecular formula is C12H16ClN. The molecule has 1 N–H and O–H groups in total. The van der Waals surface area contributed by atoms with Crippen LogP contribution in [0.2, 0.25) is 5.02 Å². The average molecular weight is 210 g/mol. The summed E-state index contributed by atoms with van der Waals surface area (Å²) in [6, 6.07) is 5.88. The summed E-state index contributed by atoms with van der Waals surface area (Å²) < 4.78 is 0. The molecule has 0 fully saturated rings. The molecule has 0 spiro atoms. The van der Waals surface area contributed by atoms with Gasteiger partial charge in [-0.15, -0.1) is 0 Å². The van der Waals surface area contributed by atoms with Gasteiger partial charge in [-0.1, -0.05) is 36.7 Å². The van der Waals surface area contributed by atoms with E-state index in [0.717, 1.165) is 29.2 Å². The number of rotatable bonds is 4. The van der Waals surface area contributed by atoms with E-state index in [1.807, 2.05) is 25.1 Å². The number of benzene rings is 1. The van der Waals surface area contributed by atoms with Crippen LogP contribution in [0, 0.1) is 6.92 Å². The Hall–Kier alpha value is -0.950. The van der Waals surface area contributed by atoms with E-state index in [0.29, 0.717) is 0 Å². The molecule has 0 heterocycles. The van der Waals surface area contributed by atoms with E-state index < -0.39 is 0 Å². The van der Waals surface area contributed by atoms with Crippen LogP contribution < -0.4 is 5.32 Å². The zero-order chi connectivity index (χ0) is 10.6. The summed E-state index contributed by atoms with van der Waals surface area (Å²) in [6.07, 6.45) is 1.01. The van der Waals surface area contributed by atoms with Crippen LogP contribution >= 0.6 is 11.6 Å². The first-order valence-electron chi connectivity index (χ1n) is 4.80. The largest absolute Gasteiger partial charge is 0.381 e. The molecule has 0 aliphatic carbocycles. The Morgan fingerprint density at radius 2 is 2.21 bits per heavy atom. The van der Waals surface area contributed by atoms with Crippen molar-refractivity contribution in [2.24, 2.45) is 0 Å². The highest BCUT2D eigenvalue weighted by Gasteiger charge is 2.00. The molecule has 1 rings (SSSR count). The topological polar surface area (TPSA) is 12.0 Å². The van der Waals surface area contributed by atoms with Gasteiger partial charge < -0.3 is 5.32 Å². The summed E-state index contributed by atoms with van der Waals surface area (Å²) in [5.74, 6) is 0. The molecule has 0 atom stereocenters. The second-order valence-corrected chi connectivity index (χ2v) is 3.78. The molecule has 0 bridgehead atoms. The van der Waals surface area contributed by atoms with Crippen molar-refractivity contribution in [2.45, 2.75) is 20.3 Å². The summed E-state index contributed by atoms with van der Waals surface area (Å²) in [5.41, 5.74) is 3.38. The zero-order valence-electron chi connectivity index (χ0n) is 8.73. The molecule has 0 unspecified atom stereocenters. The van der Waals surface area contributed by atoms with Gasteiger partial charge in [0, 0.05) is 17.3 Å². The predicted octanol–water partition coefficient (Wildman–Crippen LogP) is 4.03. The molecule has 0 aromatic heterocycles. The number of anilines is 1. The van der Waals surface area contributed by atoms with E-state index in [4.69, 9.17) is 11.6 Å². The molecular weight excluding hydrogens is 194 g/mol. The lowest BCUT2D eigenvalue weighted by Gasteiger charge is -2.11. The van der Waals surface area contributed by atoms with Gasteiger partial charge in [0.15, 0.2) is 0 Å². The minimum Gasteiger partial charge on any atom is -0.381 e. The summed E-state index contributed by atoms with van der Waals surface area (Å²) in [4.78, 5) is 0. The van der Waals surface area contributed by atoms with Crippen molar-refractivity contribution in [3.8, 4) is 0 Å². The Bertz CT molecular complexity index is 331. The molecule has 0 amide bonds. The van der Waals surface area contributed by atoms with Crippen LogP contribution in [0.1, 0.15) is 18.9 Å². The highest BCUT2D eigenvalue weighted by molar-refractivity contribution is 6.31. The number of nitrogens with one attached hydrogen (secondary N) is 1. The summed E-state index contributed by atoms with van der Waals surface area (Å²) in [7, 11) is 0. The average Bonchev–Trinajstić information content (AvgIpc) is 2.20. The normalized spacial score (nSPS) is 9.93. The van der Waals surface area contributed by atoms with Gasteiger partial charge in [0.05, 0.1) is 0 Å². The third kappa shape index (κ3) is 2.78. The SMILES string of the molecule is C=C(CC)CNc1cccc(Cl)c1C. The van der Waals surface area contributed by atoms with Gasteiger partial charge in [0.2, 0.25) is 0 Å². The molecule has 1 aromatic rings. The van der Waals surface area contributed by atoms with Crippen molar-refractivity contribution in [3.63, 3.8) is 0 Å². The standard InChI is InChI=1S/C12H16ClN/c1-4-9(2)8-14-12-7-5-6-11(13)10(12)3/h5-7,14H,2,4,8H2,1,3H3. The Kier molecular flexibility index (Phi) is 4.02. The Morgan fingerprint density at radius 3 is 2.86 bits per heavy atom. The lowest BCUT2D eigenvalue weighted by Crippen LogP contribution is -2.04. The predicted molar refractivity (Wildman–Crippen MR) is 64.1 cm³/mol. The zero-order valence-corrected chi connectivity index (χ0v) is 9.49. The van der Waals surface area contributed by atoms with Crippen molar-refractivity contribution in [1.82, 2.24) is 0 Å². The van der Waals surface area contributed by atoms with Gasteiger partial charge in [0.25, 0.3) is 0 Å². The Morgan fingerprint density at radius 1 is 1.50 bits per heavy atom. The number of hydrogen-bond donors (Lipinski definition) is 1. The molecule has 76 valence electrons. The molecule has 0 aliphatic heterocycles. The van der Waals surface area contributed by atoms with E-state index in [9.17, 15) is 0 Å². The third-order valence-electron chi connectivity index (χ3n) is 2.30. The lowest BCUT2D eigenvalue weighted by atomic mass is 10.2. The van der Waals surface area contributed by atoms with Crippen LogP contribution in [-0.2, 0) is 0 Å². The lowest BCUT2D eigenvalue weighted by molar-refractivity contribution is 1.05. The molecule has 0 radical (unpaired) electrons. The van der Waals surface area contributed by atoms with Gasteiger partial charge in [0.1, 0.15) is 0 Å². The Labute approximate surface area is 90.8 Å². The van der Waals surface area contributed by atoms with Crippen molar-refractivity contribution >= 4 is 17.3 Å². The fraction of sp³-hybridized carbons (Fsp3) is 0.333. The monoisotopic (exact) mass is 209 g/mol. The van der Waals surface area contributed by atoms with E-state index in [1.54, 1.807) is 0 Å². The second-order valence-electron chi connectivity index (χ2n) is 3.37. The molecule has 0 saturated carbocycles. The van der Waals surface area contributed by atoms with Gasteiger partial charge in [-0.3, -0.25) is 0 Å². The number of halogens is 1. The van der Waals surface area contributed by atoms with Crippen LogP contribution in [0.4, 0.5) is 5.69 Å². The van der Waals surface area contributed by atoms with Crippen LogP contribution in [0.15, 0.2) is 30.4 Å². The minimum atomic E-state index is 0.803. The maximum absolute atomic E-state index is 6.00. The highest BCUT2D eigenvalue weighted by Crippen LogP contribution is 2.22. The van der Waals surface area contributed by atoms with Gasteiger partial charge in [-0.25, -0.2) is 0 Å². The van der Waals surface area contributed by atoms with Crippen LogP contribution in [0.3, 0.4) is 0 Å². The smallest absolute Gasteiger partial charge is 0.0455 e. The first-order chi connectivity index (χ1) is 6.65. The molecule has 0 aliphatic rings. The first kappa shape index (κ1) is 11.1. The molecule has 1 nitrogen and oxygen atoms in total. The van der Waals surface area contributed by atoms with E-state index in [-0.39, 0.29) is 0 Å². The van der Waals surface area contributed by atoms with Crippen LogP contribution in [0.5, 0.6) is 0 Å². The minimum absolute atomic E-state index is 0.803. The molecule has 1 aromatic carbocycles. The maximum Gasteiger partial charge on any atom is 0.0455 e. The van der Waals surface area contributed by atoms with E-state index in [1.165, 1.54) is 5.57 Å². The van der Waals surface area contributed by atoms with Gasteiger partial charge in [-0.05, 0) is 31.0 Å². The molecule has 2 heteroatoms. The fourth-order valence-electron chi connectivity index (χ4n) is 1.14. The van der Waals surface area contributed by atoms with Gasteiger partial charge in [-0.2, -0.15) is 0 Å². The molecule has 0 saturated heterocycles. The quantitative estimate of drug-likeness (QED) is 0.739. The Balaban J connectivity index is 2.68. The molecule has 14 heavy (non-hydrogen) atoms. The van der Waals surface area contributed by atoms with Gasteiger partial charge >= 0.3 is 0 Å². The fourth-order valence-corrected chi connectivity index (χ4v) is 1.32. The summed E-state index contributed by atoms with van der Waals surface area (Å²) in [6.45, 7) is 8.88. The second kappa shape index (κ2) is 5.06. The van der Waals surface area contributed by atoms with E-state index >= 15 is 0 Å². The van der Waals surface area contributed by atoms with Crippen molar-refractivity contribution in [2.75, 3.05) is 11.9 Å². The van der Waals surface area contributed by atoms with E-state index in [2.05, 4.69) is 18.8 Å². The third-order valence-corrected chi connectivity index (χ3v) is 2.71. The van der Waals surface area contributed by atoms with Crippen molar-refractivity contribution < 1.29 is 0 Å². The van der Waals surface area contributed by atoms with Crippen molar-refractivity contribution in [1.29, 1.82) is 0 Å². The van der Waals surface area contributed by atoms with Crippen molar-refractivity contribution in [3.05, 3.63) is 40.9 Å². The highest BCUT2D eigenvalue weighted by atomic mass is 35.5. The van der Waals surface area contributed by atoms with Crippen LogP contribution in [-0.4, -0.2) is 6.54 Å². The number of hydrogen-bond acceptors (Lipinski definition) is 1. The summed E-state index contributed by atoms with van der Waals surface area (Å²) >= 11 is 6.00.